The fourth-order valence-electron chi connectivity index (χ4n) is 1.56. The lowest BCUT2D eigenvalue weighted by Gasteiger charge is -2.17. The summed E-state index contributed by atoms with van der Waals surface area (Å²) >= 11 is 7.86. The summed E-state index contributed by atoms with van der Waals surface area (Å²) in [7, 11) is 0. The minimum Gasteiger partial charge on any atom is -0.271 e. The van der Waals surface area contributed by atoms with E-state index in [4.69, 9.17) is 17.4 Å². The van der Waals surface area contributed by atoms with Crippen LogP contribution in [0.2, 0.25) is 5.02 Å². The first-order chi connectivity index (χ1) is 8.52. The molecular formula is C13H20ClFN2S. The van der Waals surface area contributed by atoms with E-state index in [0.29, 0.717) is 17.4 Å². The maximum atomic E-state index is 12.9. The van der Waals surface area contributed by atoms with Crippen molar-refractivity contribution in [3.63, 3.8) is 0 Å². The van der Waals surface area contributed by atoms with Crippen molar-refractivity contribution >= 4 is 23.4 Å². The van der Waals surface area contributed by atoms with Gasteiger partial charge in [-0.05, 0) is 35.8 Å². The molecule has 0 radical (unpaired) electrons. The zero-order chi connectivity index (χ0) is 13.5. The molecule has 0 bridgehead atoms. The van der Waals surface area contributed by atoms with Crippen molar-refractivity contribution in [1.29, 1.82) is 0 Å². The van der Waals surface area contributed by atoms with Crippen LogP contribution in [0.4, 0.5) is 4.39 Å². The van der Waals surface area contributed by atoms with E-state index in [-0.39, 0.29) is 11.9 Å². The highest BCUT2D eigenvalue weighted by Gasteiger charge is 2.11. The van der Waals surface area contributed by atoms with Gasteiger partial charge in [0, 0.05) is 16.8 Å². The maximum Gasteiger partial charge on any atom is 0.124 e. The van der Waals surface area contributed by atoms with Crippen LogP contribution in [0, 0.1) is 11.7 Å². The number of hydrogen-bond donors (Lipinski definition) is 2. The van der Waals surface area contributed by atoms with E-state index in [9.17, 15) is 4.39 Å². The Kier molecular flexibility index (Phi) is 7.00. The molecular weight excluding hydrogens is 271 g/mol. The second-order valence-corrected chi connectivity index (χ2v) is 6.22. The molecule has 0 aliphatic rings. The molecule has 0 aliphatic heterocycles. The summed E-state index contributed by atoms with van der Waals surface area (Å²) in [6.07, 6.45) is 0.709. The molecule has 0 heterocycles. The Morgan fingerprint density at radius 2 is 2.11 bits per heavy atom. The Morgan fingerprint density at radius 1 is 1.39 bits per heavy atom. The normalized spacial score (nSPS) is 13.0. The standard InChI is InChI=1S/C13H20ClFN2S/c1-9(2)7-18-8-12(17-16)5-10-3-4-11(15)6-13(10)14/h3-4,6,9,12,17H,5,7-8,16H2,1-2H3. The van der Waals surface area contributed by atoms with E-state index in [1.54, 1.807) is 6.07 Å². The van der Waals surface area contributed by atoms with E-state index in [1.807, 2.05) is 11.8 Å². The van der Waals surface area contributed by atoms with Crippen molar-refractivity contribution in [3.8, 4) is 0 Å². The van der Waals surface area contributed by atoms with Gasteiger partial charge in [-0.1, -0.05) is 31.5 Å². The van der Waals surface area contributed by atoms with E-state index >= 15 is 0 Å². The third-order valence-corrected chi connectivity index (χ3v) is 4.38. The second-order valence-electron chi connectivity index (χ2n) is 4.73. The van der Waals surface area contributed by atoms with Gasteiger partial charge in [-0.2, -0.15) is 11.8 Å². The maximum absolute atomic E-state index is 12.9. The van der Waals surface area contributed by atoms with Gasteiger partial charge >= 0.3 is 0 Å². The molecule has 0 amide bonds. The summed E-state index contributed by atoms with van der Waals surface area (Å²) in [6, 6.07) is 4.63. The van der Waals surface area contributed by atoms with Crippen molar-refractivity contribution in [2.24, 2.45) is 11.8 Å². The zero-order valence-corrected chi connectivity index (χ0v) is 12.3. The first-order valence-corrected chi connectivity index (χ1v) is 7.54. The van der Waals surface area contributed by atoms with Gasteiger partial charge < -0.3 is 0 Å². The minimum atomic E-state index is -0.310. The van der Waals surface area contributed by atoms with Crippen molar-refractivity contribution in [1.82, 2.24) is 5.43 Å². The molecule has 1 unspecified atom stereocenters. The first kappa shape index (κ1) is 15.8. The molecule has 5 heteroatoms. The smallest absolute Gasteiger partial charge is 0.124 e. The lowest BCUT2D eigenvalue weighted by atomic mass is 10.1. The largest absolute Gasteiger partial charge is 0.271 e. The Morgan fingerprint density at radius 3 is 2.67 bits per heavy atom. The molecule has 1 rings (SSSR count). The van der Waals surface area contributed by atoms with Crippen LogP contribution in [0.25, 0.3) is 0 Å². The first-order valence-electron chi connectivity index (χ1n) is 6.00. The Balaban J connectivity index is 2.51. The van der Waals surface area contributed by atoms with Gasteiger partial charge in [0.05, 0.1) is 0 Å². The predicted octanol–water partition coefficient (Wildman–Crippen LogP) is 3.24. The summed E-state index contributed by atoms with van der Waals surface area (Å²) in [5.41, 5.74) is 3.72. The topological polar surface area (TPSA) is 38.0 Å². The average molecular weight is 291 g/mol. The summed E-state index contributed by atoms with van der Waals surface area (Å²) in [6.45, 7) is 4.38. The molecule has 0 aromatic heterocycles. The van der Waals surface area contributed by atoms with Crippen LogP contribution in [0.5, 0.6) is 0 Å². The van der Waals surface area contributed by atoms with E-state index in [0.717, 1.165) is 17.1 Å². The molecule has 0 spiro atoms. The van der Waals surface area contributed by atoms with Crippen molar-refractivity contribution in [2.75, 3.05) is 11.5 Å². The molecule has 3 N–H and O–H groups in total. The van der Waals surface area contributed by atoms with Crippen LogP contribution >= 0.6 is 23.4 Å². The summed E-state index contributed by atoms with van der Waals surface area (Å²) < 4.78 is 12.9. The highest BCUT2D eigenvalue weighted by Crippen LogP contribution is 2.20. The van der Waals surface area contributed by atoms with Gasteiger partial charge in [0.1, 0.15) is 5.82 Å². The summed E-state index contributed by atoms with van der Waals surface area (Å²) in [5.74, 6) is 7.92. The molecule has 0 saturated heterocycles. The van der Waals surface area contributed by atoms with Gasteiger partial charge in [-0.3, -0.25) is 11.3 Å². The summed E-state index contributed by atoms with van der Waals surface area (Å²) in [5, 5.41) is 0.462. The SMILES string of the molecule is CC(C)CSCC(Cc1ccc(F)cc1Cl)NN. The number of thioether (sulfide) groups is 1. The quantitative estimate of drug-likeness (QED) is 0.598. The number of benzene rings is 1. The third kappa shape index (κ3) is 5.57. The molecule has 1 aromatic rings. The predicted molar refractivity (Wildman–Crippen MR) is 78.4 cm³/mol. The van der Waals surface area contributed by atoms with Crippen LogP contribution in [-0.2, 0) is 6.42 Å². The number of rotatable bonds is 7. The third-order valence-electron chi connectivity index (χ3n) is 2.49. The van der Waals surface area contributed by atoms with Gasteiger partial charge in [0.2, 0.25) is 0 Å². The van der Waals surface area contributed by atoms with Crippen LogP contribution in [0.3, 0.4) is 0 Å². The minimum absolute atomic E-state index is 0.150. The fourth-order valence-corrected chi connectivity index (χ4v) is 2.92. The van der Waals surface area contributed by atoms with Crippen molar-refractivity contribution < 1.29 is 4.39 Å². The molecule has 0 aliphatic carbocycles. The van der Waals surface area contributed by atoms with Gasteiger partial charge in [-0.15, -0.1) is 0 Å². The molecule has 1 atom stereocenters. The lowest BCUT2D eigenvalue weighted by Crippen LogP contribution is -2.38. The molecule has 0 saturated carbocycles. The number of hydrazine groups is 1. The Bertz CT molecular complexity index is 374. The van der Waals surface area contributed by atoms with Gasteiger partial charge in [0.15, 0.2) is 0 Å². The lowest BCUT2D eigenvalue weighted by molar-refractivity contribution is 0.573. The number of hydrogen-bond acceptors (Lipinski definition) is 3. The number of nitrogens with two attached hydrogens (primary N) is 1. The van der Waals surface area contributed by atoms with Crippen molar-refractivity contribution in [3.05, 3.63) is 34.6 Å². The van der Waals surface area contributed by atoms with Crippen LogP contribution < -0.4 is 11.3 Å². The second kappa shape index (κ2) is 8.00. The van der Waals surface area contributed by atoms with E-state index < -0.39 is 0 Å². The monoisotopic (exact) mass is 290 g/mol. The van der Waals surface area contributed by atoms with E-state index in [2.05, 4.69) is 19.3 Å². The van der Waals surface area contributed by atoms with Crippen LogP contribution in [0.1, 0.15) is 19.4 Å². The number of nitrogens with one attached hydrogen (secondary N) is 1. The fraction of sp³-hybridized carbons (Fsp3) is 0.538. The van der Waals surface area contributed by atoms with Crippen LogP contribution in [-0.4, -0.2) is 17.5 Å². The summed E-state index contributed by atoms with van der Waals surface area (Å²) in [4.78, 5) is 0. The highest BCUT2D eigenvalue weighted by atomic mass is 35.5. The molecule has 102 valence electrons. The van der Waals surface area contributed by atoms with Crippen molar-refractivity contribution in [2.45, 2.75) is 26.3 Å². The molecule has 2 nitrogen and oxygen atoms in total. The molecule has 18 heavy (non-hydrogen) atoms. The number of halogens is 2. The zero-order valence-electron chi connectivity index (χ0n) is 10.7. The average Bonchev–Trinajstić information content (AvgIpc) is 2.30. The Hall–Kier alpha value is -0.290. The molecule has 1 aromatic carbocycles. The van der Waals surface area contributed by atoms with Crippen LogP contribution in [0.15, 0.2) is 18.2 Å². The Labute approximate surface area is 117 Å². The van der Waals surface area contributed by atoms with Gasteiger partial charge in [0.25, 0.3) is 0 Å². The molecule has 0 fully saturated rings. The van der Waals surface area contributed by atoms with E-state index in [1.165, 1.54) is 12.1 Å². The highest BCUT2D eigenvalue weighted by molar-refractivity contribution is 7.99. The van der Waals surface area contributed by atoms with Gasteiger partial charge in [-0.25, -0.2) is 4.39 Å².